The Bertz CT molecular complexity index is 728. The van der Waals surface area contributed by atoms with Crippen molar-refractivity contribution in [2.75, 3.05) is 18.0 Å². The van der Waals surface area contributed by atoms with Crippen molar-refractivity contribution in [1.82, 2.24) is 10.3 Å². The van der Waals surface area contributed by atoms with Gasteiger partial charge in [-0.05, 0) is 77.1 Å². The fourth-order valence-electron chi connectivity index (χ4n) is 3.71. The number of nitrogens with zero attached hydrogens (tertiary/aromatic N) is 2. The summed E-state index contributed by atoms with van der Waals surface area (Å²) in [4.78, 5) is 20.9. The SMILES string of the molecule is CCN(c1ccc(C(=O)NCCCc2nc3c(s2)CCCC3)cc1)C(C)C. The van der Waals surface area contributed by atoms with Gasteiger partial charge in [-0.25, -0.2) is 4.98 Å². The van der Waals surface area contributed by atoms with Gasteiger partial charge in [0.05, 0.1) is 10.7 Å². The summed E-state index contributed by atoms with van der Waals surface area (Å²) in [7, 11) is 0. The standard InChI is InChI=1S/C22H31N3OS/c1-4-25(16(2)3)18-13-11-17(12-14-18)22(26)23-15-7-10-21-24-19-8-5-6-9-20(19)27-21/h11-14,16H,4-10,15H2,1-3H3,(H,23,26). The Morgan fingerprint density at radius 2 is 1.96 bits per heavy atom. The summed E-state index contributed by atoms with van der Waals surface area (Å²) in [6.45, 7) is 8.17. The van der Waals surface area contributed by atoms with Crippen molar-refractivity contribution in [3.63, 3.8) is 0 Å². The molecule has 4 nitrogen and oxygen atoms in total. The Morgan fingerprint density at radius 1 is 1.22 bits per heavy atom. The van der Waals surface area contributed by atoms with Gasteiger partial charge < -0.3 is 10.2 Å². The van der Waals surface area contributed by atoms with Crippen molar-refractivity contribution in [2.45, 2.75) is 65.3 Å². The van der Waals surface area contributed by atoms with Crippen molar-refractivity contribution in [3.05, 3.63) is 45.4 Å². The highest BCUT2D eigenvalue weighted by molar-refractivity contribution is 7.11. The monoisotopic (exact) mass is 385 g/mol. The average molecular weight is 386 g/mol. The maximum absolute atomic E-state index is 12.4. The summed E-state index contributed by atoms with van der Waals surface area (Å²) in [5.41, 5.74) is 3.22. The number of benzene rings is 1. The molecule has 0 bridgehead atoms. The Balaban J connectivity index is 1.45. The fraction of sp³-hybridized carbons (Fsp3) is 0.545. The molecule has 146 valence electrons. The van der Waals surface area contributed by atoms with Gasteiger partial charge in [0.25, 0.3) is 5.91 Å². The Kier molecular flexibility index (Phi) is 6.89. The van der Waals surface area contributed by atoms with Gasteiger partial charge in [-0.2, -0.15) is 0 Å². The van der Waals surface area contributed by atoms with Crippen LogP contribution in [0.15, 0.2) is 24.3 Å². The minimum absolute atomic E-state index is 0.00702. The van der Waals surface area contributed by atoms with Gasteiger partial charge in [0, 0.05) is 41.7 Å². The van der Waals surface area contributed by atoms with E-state index in [0.717, 1.165) is 37.1 Å². The lowest BCUT2D eigenvalue weighted by Crippen LogP contribution is -2.30. The van der Waals surface area contributed by atoms with E-state index in [1.165, 1.54) is 34.8 Å². The zero-order valence-corrected chi connectivity index (χ0v) is 17.6. The molecule has 1 aromatic heterocycles. The maximum atomic E-state index is 12.4. The first-order chi connectivity index (χ1) is 13.1. The molecule has 0 saturated carbocycles. The first-order valence-corrected chi connectivity index (χ1v) is 11.0. The predicted octanol–water partition coefficient (Wildman–Crippen LogP) is 4.62. The molecule has 1 aliphatic rings. The van der Waals surface area contributed by atoms with Crippen LogP contribution in [-0.4, -0.2) is 30.0 Å². The molecule has 0 atom stereocenters. The lowest BCUT2D eigenvalue weighted by molar-refractivity contribution is 0.0953. The van der Waals surface area contributed by atoms with E-state index >= 15 is 0 Å². The summed E-state index contributed by atoms with van der Waals surface area (Å²) in [5, 5.41) is 4.27. The molecule has 0 spiro atoms. The van der Waals surface area contributed by atoms with Crippen LogP contribution in [0.2, 0.25) is 0 Å². The smallest absolute Gasteiger partial charge is 0.251 e. The van der Waals surface area contributed by atoms with Crippen LogP contribution >= 0.6 is 11.3 Å². The highest BCUT2D eigenvalue weighted by Gasteiger charge is 2.15. The van der Waals surface area contributed by atoms with Crippen LogP contribution in [0, 0.1) is 0 Å². The molecule has 3 rings (SSSR count). The molecule has 5 heteroatoms. The molecule has 0 fully saturated rings. The molecule has 0 aliphatic heterocycles. The average Bonchev–Trinajstić information content (AvgIpc) is 3.09. The number of hydrogen-bond acceptors (Lipinski definition) is 4. The number of carbonyl (C=O) groups excluding carboxylic acids is 1. The molecule has 2 aromatic rings. The fourth-order valence-corrected chi connectivity index (χ4v) is 4.90. The highest BCUT2D eigenvalue weighted by Crippen LogP contribution is 2.27. The first-order valence-electron chi connectivity index (χ1n) is 10.2. The number of aryl methyl sites for hydroxylation is 3. The second kappa shape index (κ2) is 9.36. The van der Waals surface area contributed by atoms with Crippen molar-refractivity contribution in [1.29, 1.82) is 0 Å². The zero-order chi connectivity index (χ0) is 19.2. The predicted molar refractivity (Wildman–Crippen MR) is 114 cm³/mol. The van der Waals surface area contributed by atoms with Gasteiger partial charge in [-0.15, -0.1) is 11.3 Å². The molecular weight excluding hydrogens is 354 g/mol. The third-order valence-electron chi connectivity index (χ3n) is 5.17. The largest absolute Gasteiger partial charge is 0.369 e. The number of thiazole rings is 1. The number of nitrogens with one attached hydrogen (secondary N) is 1. The molecule has 1 heterocycles. The number of rotatable bonds is 8. The number of fused-ring (bicyclic) bond motifs is 1. The minimum atomic E-state index is 0.00702. The third-order valence-corrected chi connectivity index (χ3v) is 6.39. The lowest BCUT2D eigenvalue weighted by atomic mass is 10.0. The van der Waals surface area contributed by atoms with Crippen LogP contribution in [0.1, 0.15) is 66.0 Å². The van der Waals surface area contributed by atoms with Gasteiger partial charge >= 0.3 is 0 Å². The van der Waals surface area contributed by atoms with E-state index in [9.17, 15) is 4.79 Å². The second-order valence-electron chi connectivity index (χ2n) is 7.47. The maximum Gasteiger partial charge on any atom is 0.251 e. The molecule has 1 N–H and O–H groups in total. The number of aromatic nitrogens is 1. The van der Waals surface area contributed by atoms with Crippen LogP contribution in [0.3, 0.4) is 0 Å². The molecule has 1 amide bonds. The number of hydrogen-bond donors (Lipinski definition) is 1. The highest BCUT2D eigenvalue weighted by atomic mass is 32.1. The van der Waals surface area contributed by atoms with Crippen LogP contribution in [-0.2, 0) is 19.3 Å². The normalized spacial score (nSPS) is 13.5. The van der Waals surface area contributed by atoms with Gasteiger partial charge in [-0.1, -0.05) is 0 Å². The topological polar surface area (TPSA) is 45.2 Å². The summed E-state index contributed by atoms with van der Waals surface area (Å²) in [6, 6.07) is 8.37. The Hall–Kier alpha value is -1.88. The van der Waals surface area contributed by atoms with E-state index in [0.29, 0.717) is 12.6 Å². The van der Waals surface area contributed by atoms with E-state index < -0.39 is 0 Å². The van der Waals surface area contributed by atoms with Crippen LogP contribution in [0.4, 0.5) is 5.69 Å². The Labute approximate surface area is 167 Å². The van der Waals surface area contributed by atoms with E-state index in [1.54, 1.807) is 0 Å². The summed E-state index contributed by atoms with van der Waals surface area (Å²) < 4.78 is 0. The van der Waals surface area contributed by atoms with Gasteiger partial charge in [0.1, 0.15) is 0 Å². The third kappa shape index (κ3) is 5.10. The molecule has 27 heavy (non-hydrogen) atoms. The van der Waals surface area contributed by atoms with Crippen LogP contribution in [0.5, 0.6) is 0 Å². The Morgan fingerprint density at radius 3 is 2.63 bits per heavy atom. The quantitative estimate of drug-likeness (QED) is 0.675. The lowest BCUT2D eigenvalue weighted by Gasteiger charge is -2.27. The summed E-state index contributed by atoms with van der Waals surface area (Å²) in [5.74, 6) is 0.00702. The molecule has 1 aliphatic carbocycles. The summed E-state index contributed by atoms with van der Waals surface area (Å²) in [6.07, 6.45) is 6.82. The summed E-state index contributed by atoms with van der Waals surface area (Å²) >= 11 is 1.87. The molecule has 0 unspecified atom stereocenters. The molecule has 0 radical (unpaired) electrons. The number of carbonyl (C=O) groups is 1. The molecular formula is C22H31N3OS. The van der Waals surface area contributed by atoms with Crippen LogP contribution in [0.25, 0.3) is 0 Å². The van der Waals surface area contributed by atoms with E-state index in [2.05, 4.69) is 31.0 Å². The van der Waals surface area contributed by atoms with Gasteiger partial charge in [0.2, 0.25) is 0 Å². The van der Waals surface area contributed by atoms with Crippen molar-refractivity contribution in [2.24, 2.45) is 0 Å². The van der Waals surface area contributed by atoms with Gasteiger partial charge in [0.15, 0.2) is 0 Å². The number of amides is 1. The first kappa shape index (κ1) is 19.9. The van der Waals surface area contributed by atoms with E-state index in [1.807, 2.05) is 35.6 Å². The zero-order valence-electron chi connectivity index (χ0n) is 16.8. The van der Waals surface area contributed by atoms with Crippen molar-refractivity contribution < 1.29 is 4.79 Å². The van der Waals surface area contributed by atoms with Crippen LogP contribution < -0.4 is 10.2 Å². The van der Waals surface area contributed by atoms with Crippen molar-refractivity contribution >= 4 is 22.9 Å². The number of anilines is 1. The molecule has 0 saturated heterocycles. The molecule has 1 aromatic carbocycles. The minimum Gasteiger partial charge on any atom is -0.369 e. The van der Waals surface area contributed by atoms with E-state index in [4.69, 9.17) is 4.98 Å². The van der Waals surface area contributed by atoms with E-state index in [-0.39, 0.29) is 5.91 Å². The van der Waals surface area contributed by atoms with Gasteiger partial charge in [-0.3, -0.25) is 4.79 Å². The second-order valence-corrected chi connectivity index (χ2v) is 8.64. The van der Waals surface area contributed by atoms with Crippen molar-refractivity contribution in [3.8, 4) is 0 Å².